The Bertz CT molecular complexity index is 411. The van der Waals surface area contributed by atoms with Gasteiger partial charge in [0.05, 0.1) is 6.61 Å². The second-order valence-electron chi connectivity index (χ2n) is 5.49. The zero-order valence-corrected chi connectivity index (χ0v) is 12.6. The lowest BCUT2D eigenvalue weighted by molar-refractivity contribution is -0.151. The number of aryl methyl sites for hydroxylation is 1. The molecule has 0 amide bonds. The Hall–Kier alpha value is -1.35. The van der Waals surface area contributed by atoms with Gasteiger partial charge in [0, 0.05) is 0 Å². The Morgan fingerprint density at radius 1 is 1.32 bits per heavy atom. The fourth-order valence-electron chi connectivity index (χ4n) is 1.86. The van der Waals surface area contributed by atoms with E-state index in [0.717, 1.165) is 12.1 Å². The van der Waals surface area contributed by atoms with E-state index in [4.69, 9.17) is 4.74 Å². The maximum Gasteiger partial charge on any atom is 0.330 e. The molecule has 0 aliphatic carbocycles. The monoisotopic (exact) mass is 263 g/mol. The third-order valence-corrected chi connectivity index (χ3v) is 3.18. The van der Waals surface area contributed by atoms with E-state index in [0.29, 0.717) is 12.5 Å². The van der Waals surface area contributed by atoms with Gasteiger partial charge in [-0.3, -0.25) is 5.32 Å². The molecule has 0 aromatic heterocycles. The number of benzene rings is 1. The molecule has 0 saturated carbocycles. The number of ether oxygens (including phenoxy) is 1. The first-order valence-electron chi connectivity index (χ1n) is 6.89. The van der Waals surface area contributed by atoms with E-state index in [1.807, 2.05) is 45.0 Å². The largest absolute Gasteiger partial charge is 0.464 e. The Balaban J connectivity index is 3.03. The third kappa shape index (κ3) is 4.06. The van der Waals surface area contributed by atoms with Crippen LogP contribution in [-0.2, 0) is 15.1 Å². The second-order valence-corrected chi connectivity index (χ2v) is 5.49. The molecule has 106 valence electrons. The molecule has 1 aromatic rings. The highest BCUT2D eigenvalue weighted by atomic mass is 16.5. The van der Waals surface area contributed by atoms with Crippen LogP contribution in [0.5, 0.6) is 0 Å². The molecule has 1 N–H and O–H groups in total. The van der Waals surface area contributed by atoms with Crippen molar-refractivity contribution < 1.29 is 9.53 Å². The van der Waals surface area contributed by atoms with E-state index in [2.05, 4.69) is 19.2 Å². The number of rotatable bonds is 6. The van der Waals surface area contributed by atoms with Crippen molar-refractivity contribution in [2.24, 2.45) is 5.92 Å². The van der Waals surface area contributed by atoms with E-state index in [1.54, 1.807) is 0 Å². The van der Waals surface area contributed by atoms with Crippen molar-refractivity contribution in [3.05, 3.63) is 35.4 Å². The molecule has 3 heteroatoms. The number of nitrogens with one attached hydrogen (secondary N) is 1. The average Bonchev–Trinajstić information content (AvgIpc) is 2.37. The van der Waals surface area contributed by atoms with Crippen molar-refractivity contribution in [2.45, 2.75) is 40.2 Å². The van der Waals surface area contributed by atoms with Crippen molar-refractivity contribution in [3.8, 4) is 0 Å². The summed E-state index contributed by atoms with van der Waals surface area (Å²) in [6.07, 6.45) is 0. The molecule has 0 fully saturated rings. The molecule has 0 aliphatic rings. The van der Waals surface area contributed by atoms with Gasteiger partial charge in [-0.05, 0) is 38.8 Å². The predicted octanol–water partition coefficient (Wildman–Crippen LogP) is 3.02. The van der Waals surface area contributed by atoms with Gasteiger partial charge in [0.15, 0.2) is 0 Å². The summed E-state index contributed by atoms with van der Waals surface area (Å²) in [5, 5.41) is 3.34. The number of carbonyl (C=O) groups excluding carboxylic acids is 1. The summed E-state index contributed by atoms with van der Waals surface area (Å²) >= 11 is 0. The molecule has 1 unspecified atom stereocenters. The van der Waals surface area contributed by atoms with Gasteiger partial charge in [-0.1, -0.05) is 43.7 Å². The first-order chi connectivity index (χ1) is 8.90. The van der Waals surface area contributed by atoms with Gasteiger partial charge in [-0.15, -0.1) is 0 Å². The summed E-state index contributed by atoms with van der Waals surface area (Å²) in [6, 6.07) is 8.01. The molecule has 0 aliphatic heterocycles. The summed E-state index contributed by atoms with van der Waals surface area (Å²) in [5.74, 6) is 0.249. The molecular formula is C16H25NO2. The van der Waals surface area contributed by atoms with E-state index < -0.39 is 5.54 Å². The second kappa shape index (κ2) is 6.71. The lowest BCUT2D eigenvalue weighted by Gasteiger charge is -2.30. The Labute approximate surface area is 116 Å². The van der Waals surface area contributed by atoms with Gasteiger partial charge in [0.2, 0.25) is 0 Å². The smallest absolute Gasteiger partial charge is 0.330 e. The third-order valence-electron chi connectivity index (χ3n) is 3.18. The average molecular weight is 263 g/mol. The molecule has 1 atom stereocenters. The fourth-order valence-corrected chi connectivity index (χ4v) is 1.86. The maximum absolute atomic E-state index is 12.3. The number of carbonyl (C=O) groups is 1. The van der Waals surface area contributed by atoms with Crippen molar-refractivity contribution >= 4 is 5.97 Å². The Morgan fingerprint density at radius 3 is 2.37 bits per heavy atom. The molecular weight excluding hydrogens is 238 g/mol. The summed E-state index contributed by atoms with van der Waals surface area (Å²) in [4.78, 5) is 12.3. The molecule has 3 nitrogen and oxygen atoms in total. The van der Waals surface area contributed by atoms with E-state index in [-0.39, 0.29) is 5.97 Å². The normalized spacial score (nSPS) is 14.2. The molecule has 19 heavy (non-hydrogen) atoms. The zero-order chi connectivity index (χ0) is 14.5. The Morgan fingerprint density at radius 2 is 1.89 bits per heavy atom. The van der Waals surface area contributed by atoms with Gasteiger partial charge >= 0.3 is 5.97 Å². The zero-order valence-electron chi connectivity index (χ0n) is 12.6. The minimum absolute atomic E-state index is 0.223. The highest BCUT2D eigenvalue weighted by molar-refractivity contribution is 5.82. The topological polar surface area (TPSA) is 38.3 Å². The van der Waals surface area contributed by atoms with Gasteiger partial charge in [0.1, 0.15) is 5.54 Å². The van der Waals surface area contributed by atoms with Gasteiger partial charge in [-0.2, -0.15) is 0 Å². The fraction of sp³-hybridized carbons (Fsp3) is 0.562. The van der Waals surface area contributed by atoms with Crippen LogP contribution < -0.4 is 5.32 Å². The molecule has 0 radical (unpaired) electrons. The van der Waals surface area contributed by atoms with Crippen LogP contribution >= 0.6 is 0 Å². The van der Waals surface area contributed by atoms with Crippen LogP contribution in [0, 0.1) is 12.8 Å². The van der Waals surface area contributed by atoms with Crippen molar-refractivity contribution in [2.75, 3.05) is 13.2 Å². The van der Waals surface area contributed by atoms with Crippen LogP contribution in [0.3, 0.4) is 0 Å². The van der Waals surface area contributed by atoms with E-state index in [9.17, 15) is 4.79 Å². The first kappa shape index (κ1) is 15.7. The standard InChI is InChI=1S/C16H25NO2/c1-6-19-15(18)16(5,17-11-12(2)3)14-9-7-13(4)8-10-14/h7-10,12,17H,6,11H2,1-5H3. The molecule has 0 saturated heterocycles. The van der Waals surface area contributed by atoms with Gasteiger partial charge in [0.25, 0.3) is 0 Å². The van der Waals surface area contributed by atoms with Crippen LogP contribution in [0.25, 0.3) is 0 Å². The molecule has 0 heterocycles. The summed E-state index contributed by atoms with van der Waals surface area (Å²) in [7, 11) is 0. The lowest BCUT2D eigenvalue weighted by Crippen LogP contribution is -2.49. The first-order valence-corrected chi connectivity index (χ1v) is 6.89. The lowest BCUT2D eigenvalue weighted by atomic mass is 9.90. The highest BCUT2D eigenvalue weighted by Gasteiger charge is 2.36. The molecule has 1 rings (SSSR count). The van der Waals surface area contributed by atoms with E-state index in [1.165, 1.54) is 5.56 Å². The molecule has 0 spiro atoms. The van der Waals surface area contributed by atoms with E-state index >= 15 is 0 Å². The molecule has 0 bridgehead atoms. The SMILES string of the molecule is CCOC(=O)C(C)(NCC(C)C)c1ccc(C)cc1. The van der Waals surface area contributed by atoms with Gasteiger partial charge < -0.3 is 4.74 Å². The summed E-state index contributed by atoms with van der Waals surface area (Å²) in [6.45, 7) is 11.1. The maximum atomic E-state index is 12.3. The van der Waals surface area contributed by atoms with Gasteiger partial charge in [-0.25, -0.2) is 4.79 Å². The van der Waals surface area contributed by atoms with Crippen molar-refractivity contribution in [1.82, 2.24) is 5.32 Å². The summed E-state index contributed by atoms with van der Waals surface area (Å²) in [5.41, 5.74) is 1.34. The van der Waals surface area contributed by atoms with Crippen LogP contribution in [0.15, 0.2) is 24.3 Å². The number of hydrogen-bond donors (Lipinski definition) is 1. The van der Waals surface area contributed by atoms with Crippen molar-refractivity contribution in [3.63, 3.8) is 0 Å². The predicted molar refractivity (Wildman–Crippen MR) is 78.0 cm³/mol. The van der Waals surface area contributed by atoms with Crippen LogP contribution in [-0.4, -0.2) is 19.1 Å². The highest BCUT2D eigenvalue weighted by Crippen LogP contribution is 2.23. The minimum Gasteiger partial charge on any atom is -0.464 e. The minimum atomic E-state index is -0.784. The van der Waals surface area contributed by atoms with Crippen LogP contribution in [0.4, 0.5) is 0 Å². The Kier molecular flexibility index (Phi) is 5.55. The number of esters is 1. The summed E-state index contributed by atoms with van der Waals surface area (Å²) < 4.78 is 5.22. The molecule has 1 aromatic carbocycles. The van der Waals surface area contributed by atoms with Crippen molar-refractivity contribution in [1.29, 1.82) is 0 Å². The quantitative estimate of drug-likeness (QED) is 0.802. The van der Waals surface area contributed by atoms with Crippen LogP contribution in [0.1, 0.15) is 38.8 Å². The van der Waals surface area contributed by atoms with Crippen LogP contribution in [0.2, 0.25) is 0 Å². The number of hydrogen-bond acceptors (Lipinski definition) is 3.